The summed E-state index contributed by atoms with van der Waals surface area (Å²) >= 11 is 6.19. The standard InChI is InChI=1S/C14H16ClN3O2/c1-19-11-6-8(15)5-9(14(11)20-2)12-13-10(3-4-16-12)17-7-18-13/h5-7,12,16H,3-4H2,1-2H3,(H,17,18). The second kappa shape index (κ2) is 5.34. The Labute approximate surface area is 122 Å². The maximum Gasteiger partial charge on any atom is 0.165 e. The average Bonchev–Trinajstić information content (AvgIpc) is 2.94. The van der Waals surface area contributed by atoms with Gasteiger partial charge in [0.25, 0.3) is 0 Å². The largest absolute Gasteiger partial charge is 0.493 e. The molecule has 0 fully saturated rings. The van der Waals surface area contributed by atoms with Crippen molar-refractivity contribution in [3.8, 4) is 11.5 Å². The van der Waals surface area contributed by atoms with Crippen LogP contribution in [0.4, 0.5) is 0 Å². The van der Waals surface area contributed by atoms with Gasteiger partial charge in [-0.3, -0.25) is 0 Å². The zero-order chi connectivity index (χ0) is 14.1. The van der Waals surface area contributed by atoms with Gasteiger partial charge in [-0.1, -0.05) is 11.6 Å². The summed E-state index contributed by atoms with van der Waals surface area (Å²) in [7, 11) is 3.23. The van der Waals surface area contributed by atoms with Crippen LogP contribution in [-0.2, 0) is 6.42 Å². The van der Waals surface area contributed by atoms with Crippen LogP contribution in [0.3, 0.4) is 0 Å². The van der Waals surface area contributed by atoms with E-state index in [1.165, 1.54) is 0 Å². The fourth-order valence-corrected chi connectivity index (χ4v) is 2.87. The number of rotatable bonds is 3. The molecule has 0 aliphatic carbocycles. The molecule has 1 aromatic carbocycles. The molecule has 20 heavy (non-hydrogen) atoms. The molecule has 1 aliphatic heterocycles. The molecule has 1 atom stereocenters. The lowest BCUT2D eigenvalue weighted by molar-refractivity contribution is 0.348. The van der Waals surface area contributed by atoms with Gasteiger partial charge in [-0.2, -0.15) is 0 Å². The summed E-state index contributed by atoms with van der Waals surface area (Å²) in [4.78, 5) is 7.60. The van der Waals surface area contributed by atoms with Crippen molar-refractivity contribution in [2.75, 3.05) is 20.8 Å². The minimum absolute atomic E-state index is 0.0486. The number of H-pyrrole nitrogens is 1. The third kappa shape index (κ3) is 2.13. The van der Waals surface area contributed by atoms with Crippen molar-refractivity contribution in [3.05, 3.63) is 40.4 Å². The highest BCUT2D eigenvalue weighted by molar-refractivity contribution is 6.30. The number of fused-ring (bicyclic) bond motifs is 1. The number of nitrogens with one attached hydrogen (secondary N) is 2. The highest BCUT2D eigenvalue weighted by atomic mass is 35.5. The van der Waals surface area contributed by atoms with Crippen LogP contribution in [0.15, 0.2) is 18.5 Å². The lowest BCUT2D eigenvalue weighted by Crippen LogP contribution is -2.31. The molecule has 2 aromatic rings. The topological polar surface area (TPSA) is 59.2 Å². The van der Waals surface area contributed by atoms with E-state index in [0.717, 1.165) is 29.9 Å². The van der Waals surface area contributed by atoms with Crippen LogP contribution >= 0.6 is 11.6 Å². The molecule has 0 spiro atoms. The summed E-state index contributed by atoms with van der Waals surface area (Å²) in [5.74, 6) is 1.31. The van der Waals surface area contributed by atoms with Crippen molar-refractivity contribution >= 4 is 11.6 Å². The van der Waals surface area contributed by atoms with Gasteiger partial charge in [0.2, 0.25) is 0 Å². The van der Waals surface area contributed by atoms with E-state index in [1.807, 2.05) is 6.07 Å². The normalized spacial score (nSPS) is 17.6. The number of methoxy groups -OCH3 is 2. The molecule has 0 amide bonds. The fourth-order valence-electron chi connectivity index (χ4n) is 2.65. The van der Waals surface area contributed by atoms with Crippen molar-refractivity contribution in [1.82, 2.24) is 15.3 Å². The van der Waals surface area contributed by atoms with E-state index in [2.05, 4.69) is 15.3 Å². The zero-order valence-corrected chi connectivity index (χ0v) is 12.1. The number of hydrogen-bond donors (Lipinski definition) is 2. The summed E-state index contributed by atoms with van der Waals surface area (Å²) in [6.07, 6.45) is 2.66. The van der Waals surface area contributed by atoms with Gasteiger partial charge in [0.1, 0.15) is 0 Å². The van der Waals surface area contributed by atoms with Crippen LogP contribution in [0, 0.1) is 0 Å². The molecule has 0 saturated carbocycles. The summed E-state index contributed by atoms with van der Waals surface area (Å²) in [5, 5.41) is 4.07. The molecule has 1 unspecified atom stereocenters. The Bertz CT molecular complexity index is 627. The first kappa shape index (κ1) is 13.3. The SMILES string of the molecule is COc1cc(Cl)cc(C2NCCc3[nH]cnc32)c1OC. The van der Waals surface area contributed by atoms with Gasteiger partial charge in [0.05, 0.1) is 32.3 Å². The summed E-state index contributed by atoms with van der Waals surface area (Å²) in [6, 6.07) is 3.59. The molecule has 3 rings (SSSR count). The van der Waals surface area contributed by atoms with Crippen LogP contribution in [0.1, 0.15) is 23.0 Å². The molecule has 5 nitrogen and oxygen atoms in total. The molecule has 1 aromatic heterocycles. The quantitative estimate of drug-likeness (QED) is 0.912. The van der Waals surface area contributed by atoms with Gasteiger partial charge in [-0.05, 0) is 6.07 Å². The smallest absolute Gasteiger partial charge is 0.165 e. The molecule has 1 aliphatic rings. The minimum atomic E-state index is -0.0486. The first-order chi connectivity index (χ1) is 9.74. The van der Waals surface area contributed by atoms with Crippen LogP contribution < -0.4 is 14.8 Å². The van der Waals surface area contributed by atoms with Crippen molar-refractivity contribution < 1.29 is 9.47 Å². The van der Waals surface area contributed by atoms with E-state index < -0.39 is 0 Å². The van der Waals surface area contributed by atoms with E-state index in [1.54, 1.807) is 26.6 Å². The number of ether oxygens (including phenoxy) is 2. The average molecular weight is 294 g/mol. The molecular weight excluding hydrogens is 278 g/mol. The summed E-state index contributed by atoms with van der Waals surface area (Å²) in [6.45, 7) is 0.873. The Morgan fingerprint density at radius 2 is 2.15 bits per heavy atom. The molecular formula is C14H16ClN3O2. The molecule has 0 bridgehead atoms. The molecule has 0 saturated heterocycles. The number of benzene rings is 1. The Kier molecular flexibility index (Phi) is 3.54. The second-order valence-electron chi connectivity index (χ2n) is 4.63. The predicted octanol–water partition coefficient (Wildman–Crippen LogP) is 2.32. The fraction of sp³-hybridized carbons (Fsp3) is 0.357. The lowest BCUT2D eigenvalue weighted by atomic mass is 9.97. The molecule has 2 heterocycles. The van der Waals surface area contributed by atoms with Gasteiger partial charge < -0.3 is 19.8 Å². The third-order valence-electron chi connectivity index (χ3n) is 3.53. The Hall–Kier alpha value is -1.72. The zero-order valence-electron chi connectivity index (χ0n) is 11.4. The Morgan fingerprint density at radius 3 is 2.90 bits per heavy atom. The van der Waals surface area contributed by atoms with E-state index in [9.17, 15) is 0 Å². The Balaban J connectivity index is 2.14. The van der Waals surface area contributed by atoms with Gasteiger partial charge in [0, 0.05) is 35.3 Å². The van der Waals surface area contributed by atoms with E-state index in [0.29, 0.717) is 16.5 Å². The maximum absolute atomic E-state index is 6.19. The van der Waals surface area contributed by atoms with Crippen molar-refractivity contribution in [2.45, 2.75) is 12.5 Å². The molecule has 6 heteroatoms. The number of aromatic nitrogens is 2. The first-order valence-corrected chi connectivity index (χ1v) is 6.79. The maximum atomic E-state index is 6.19. The number of hydrogen-bond acceptors (Lipinski definition) is 4. The summed E-state index contributed by atoms with van der Waals surface area (Å²) < 4.78 is 10.9. The van der Waals surface area contributed by atoms with E-state index in [4.69, 9.17) is 21.1 Å². The van der Waals surface area contributed by atoms with Crippen molar-refractivity contribution in [1.29, 1.82) is 0 Å². The monoisotopic (exact) mass is 293 g/mol. The Morgan fingerprint density at radius 1 is 1.30 bits per heavy atom. The predicted molar refractivity (Wildman–Crippen MR) is 76.7 cm³/mol. The van der Waals surface area contributed by atoms with Gasteiger partial charge >= 0.3 is 0 Å². The van der Waals surface area contributed by atoms with Gasteiger partial charge in [-0.25, -0.2) is 4.98 Å². The van der Waals surface area contributed by atoms with Crippen LogP contribution in [0.25, 0.3) is 0 Å². The number of aromatic amines is 1. The first-order valence-electron chi connectivity index (χ1n) is 6.41. The van der Waals surface area contributed by atoms with E-state index >= 15 is 0 Å². The molecule has 106 valence electrons. The van der Waals surface area contributed by atoms with Crippen LogP contribution in [-0.4, -0.2) is 30.7 Å². The number of imidazole rings is 1. The van der Waals surface area contributed by atoms with Crippen LogP contribution in [0.2, 0.25) is 5.02 Å². The number of nitrogens with zero attached hydrogens (tertiary/aromatic N) is 1. The second-order valence-corrected chi connectivity index (χ2v) is 5.07. The molecule has 2 N–H and O–H groups in total. The summed E-state index contributed by atoms with van der Waals surface area (Å²) in [5.41, 5.74) is 3.07. The van der Waals surface area contributed by atoms with Crippen molar-refractivity contribution in [2.24, 2.45) is 0 Å². The molecule has 0 radical (unpaired) electrons. The van der Waals surface area contributed by atoms with E-state index in [-0.39, 0.29) is 6.04 Å². The minimum Gasteiger partial charge on any atom is -0.493 e. The van der Waals surface area contributed by atoms with Gasteiger partial charge in [0.15, 0.2) is 11.5 Å². The lowest BCUT2D eigenvalue weighted by Gasteiger charge is -2.25. The number of halogens is 1. The third-order valence-corrected chi connectivity index (χ3v) is 3.75. The van der Waals surface area contributed by atoms with Crippen LogP contribution in [0.5, 0.6) is 11.5 Å². The van der Waals surface area contributed by atoms with Crippen molar-refractivity contribution in [3.63, 3.8) is 0 Å². The van der Waals surface area contributed by atoms with Gasteiger partial charge in [-0.15, -0.1) is 0 Å². The highest BCUT2D eigenvalue weighted by Gasteiger charge is 2.28. The highest BCUT2D eigenvalue weighted by Crippen LogP contribution is 2.40.